The van der Waals surface area contributed by atoms with Crippen LogP contribution in [0.3, 0.4) is 0 Å². The second-order valence-corrected chi connectivity index (χ2v) is 6.05. The van der Waals surface area contributed by atoms with Crippen LogP contribution in [-0.2, 0) is 0 Å². The summed E-state index contributed by atoms with van der Waals surface area (Å²) in [7, 11) is 0. The first-order chi connectivity index (χ1) is 11.8. The Bertz CT molecular complexity index is 1070. The minimum Gasteiger partial charge on any atom is -0.355 e. The Hall–Kier alpha value is -2.40. The molecule has 0 aliphatic carbocycles. The minimum absolute atomic E-state index is 0. The Morgan fingerprint density at radius 2 is 0.640 bits per heavy atom. The fraction of sp³-hybridized carbons (Fsp3) is 0. The van der Waals surface area contributed by atoms with Gasteiger partial charge in [0.1, 0.15) is 0 Å². The maximum Gasteiger partial charge on any atom is 0.0405 e. The van der Waals surface area contributed by atoms with Gasteiger partial charge in [0.2, 0.25) is 0 Å². The van der Waals surface area contributed by atoms with E-state index in [1.165, 1.54) is 0 Å². The largest absolute Gasteiger partial charge is 0.355 e. The van der Waals surface area contributed by atoms with Crippen molar-refractivity contribution in [3.8, 4) is 0 Å². The van der Waals surface area contributed by atoms with Crippen LogP contribution < -0.4 is 21.4 Å². The molecule has 0 saturated heterocycles. The van der Waals surface area contributed by atoms with Crippen molar-refractivity contribution in [1.29, 1.82) is 0 Å². The van der Waals surface area contributed by atoms with Crippen molar-refractivity contribution in [2.24, 2.45) is 0 Å². The molecule has 0 amide bonds. The summed E-state index contributed by atoms with van der Waals surface area (Å²) in [5.41, 5.74) is 4.29. The van der Waals surface area contributed by atoms with E-state index in [1.54, 1.807) is 0 Å². The van der Waals surface area contributed by atoms with Gasteiger partial charge in [-0.05, 0) is 72.8 Å². The van der Waals surface area contributed by atoms with Crippen molar-refractivity contribution in [2.75, 3.05) is 0 Å². The third-order valence-corrected chi connectivity index (χ3v) is 4.17. The standard InChI is InChI=1S/C20H16N4.Na/c1-2-14-10-16-5-6-18(23-16)12-20-8-7-19(24-20)11-17-4-3-15(22-17)9-13(1)21-14;/h1-12,21-24H;. The van der Waals surface area contributed by atoms with Crippen LogP contribution in [0.4, 0.5) is 0 Å². The van der Waals surface area contributed by atoms with E-state index in [0.29, 0.717) is 0 Å². The predicted molar refractivity (Wildman–Crippen MR) is 102 cm³/mol. The number of rotatable bonds is 0. The van der Waals surface area contributed by atoms with Crippen LogP contribution in [0.5, 0.6) is 0 Å². The molecule has 5 heteroatoms. The predicted octanol–water partition coefficient (Wildman–Crippen LogP) is 0.247. The topological polar surface area (TPSA) is 63.2 Å². The summed E-state index contributed by atoms with van der Waals surface area (Å²) in [4.78, 5) is 13.7. The van der Waals surface area contributed by atoms with Gasteiger partial charge in [-0.2, -0.15) is 0 Å². The maximum absolute atomic E-state index is 3.42. The van der Waals surface area contributed by atoms with Gasteiger partial charge >= 0.3 is 0 Å². The van der Waals surface area contributed by atoms with Crippen LogP contribution >= 0.6 is 0 Å². The number of H-pyrrole nitrogens is 4. The van der Waals surface area contributed by atoms with Gasteiger partial charge in [-0.1, -0.05) is 0 Å². The molecule has 0 aromatic carbocycles. The zero-order chi connectivity index (χ0) is 15.9. The van der Waals surface area contributed by atoms with Gasteiger partial charge in [-0.3, -0.25) is 0 Å². The number of hydrogen-bond donors (Lipinski definition) is 4. The molecule has 4 aromatic rings. The van der Waals surface area contributed by atoms with Gasteiger partial charge in [0.15, 0.2) is 0 Å². The quantitative estimate of drug-likeness (QED) is 0.293. The molecule has 0 saturated carbocycles. The third kappa shape index (κ3) is 3.37. The smallest absolute Gasteiger partial charge is 0.0405 e. The maximum atomic E-state index is 3.42. The van der Waals surface area contributed by atoms with E-state index in [2.05, 4.69) is 92.8 Å². The molecule has 1 radical (unpaired) electrons. The summed E-state index contributed by atoms with van der Waals surface area (Å²) >= 11 is 0. The van der Waals surface area contributed by atoms with Crippen LogP contribution in [0.2, 0.25) is 0 Å². The zero-order valence-electron chi connectivity index (χ0n) is 13.9. The number of hydrogen-bond acceptors (Lipinski definition) is 0. The molecule has 8 bridgehead atoms. The Morgan fingerprint density at radius 1 is 0.360 bits per heavy atom. The van der Waals surface area contributed by atoms with Crippen LogP contribution in [0.25, 0.3) is 24.3 Å². The van der Waals surface area contributed by atoms with E-state index < -0.39 is 0 Å². The fourth-order valence-electron chi connectivity index (χ4n) is 3.06. The van der Waals surface area contributed by atoms with E-state index in [1.807, 2.05) is 0 Å². The zero-order valence-corrected chi connectivity index (χ0v) is 15.9. The average molecular weight is 335 g/mol. The molecule has 5 heterocycles. The van der Waals surface area contributed by atoms with Gasteiger partial charge < -0.3 is 19.9 Å². The van der Waals surface area contributed by atoms with E-state index in [-0.39, 0.29) is 29.6 Å². The monoisotopic (exact) mass is 335 g/mol. The first-order valence-corrected chi connectivity index (χ1v) is 7.95. The molecule has 0 spiro atoms. The summed E-state index contributed by atoms with van der Waals surface area (Å²) in [6, 6.07) is 16.7. The molecule has 1 aliphatic rings. The third-order valence-electron chi connectivity index (χ3n) is 4.17. The molecule has 4 nitrogen and oxygen atoms in total. The van der Waals surface area contributed by atoms with E-state index in [9.17, 15) is 0 Å². The van der Waals surface area contributed by atoms with E-state index in [4.69, 9.17) is 0 Å². The molecule has 117 valence electrons. The van der Waals surface area contributed by atoms with Crippen LogP contribution in [-0.4, -0.2) is 49.5 Å². The molecule has 1 aliphatic heterocycles. The molecule has 0 atom stereocenters. The first-order valence-electron chi connectivity index (χ1n) is 7.95. The SMILES string of the molecule is C1=c2ccc([nH]2)=Cc2ccc([nH]2)C=c2ccc([nH]2)=Cc2ccc1[nH]2.[Na]. The molecule has 0 unspecified atom stereocenters. The van der Waals surface area contributed by atoms with Crippen molar-refractivity contribution in [2.45, 2.75) is 0 Å². The average Bonchev–Trinajstić information content (AvgIpc) is 3.32. The molecule has 4 aromatic heterocycles. The summed E-state index contributed by atoms with van der Waals surface area (Å²) < 4.78 is 0. The molecular weight excluding hydrogens is 319 g/mol. The number of aromatic nitrogens is 4. The second-order valence-electron chi connectivity index (χ2n) is 6.05. The molecule has 5 rings (SSSR count). The summed E-state index contributed by atoms with van der Waals surface area (Å²) in [6.45, 7) is 0. The van der Waals surface area contributed by atoms with Gasteiger partial charge in [0.25, 0.3) is 0 Å². The Labute approximate surface area is 166 Å². The van der Waals surface area contributed by atoms with Crippen molar-refractivity contribution < 1.29 is 0 Å². The van der Waals surface area contributed by atoms with Gasteiger partial charge in [-0.15, -0.1) is 0 Å². The first kappa shape index (κ1) is 16.1. The Morgan fingerprint density at radius 3 is 0.920 bits per heavy atom. The van der Waals surface area contributed by atoms with Gasteiger partial charge in [0.05, 0.1) is 0 Å². The normalized spacial score (nSPS) is 12.2. The van der Waals surface area contributed by atoms with Crippen molar-refractivity contribution in [3.05, 3.63) is 92.7 Å². The summed E-state index contributed by atoms with van der Waals surface area (Å²) in [5, 5.41) is 4.29. The minimum atomic E-state index is 0. The van der Waals surface area contributed by atoms with Gasteiger partial charge in [-0.25, -0.2) is 0 Å². The number of aromatic amines is 4. The second kappa shape index (κ2) is 6.48. The fourth-order valence-corrected chi connectivity index (χ4v) is 3.06. The summed E-state index contributed by atoms with van der Waals surface area (Å²) in [6.07, 6.45) is 8.42. The van der Waals surface area contributed by atoms with Gasteiger partial charge in [0, 0.05) is 73.7 Å². The van der Waals surface area contributed by atoms with E-state index in [0.717, 1.165) is 44.2 Å². The summed E-state index contributed by atoms with van der Waals surface area (Å²) in [5.74, 6) is 0. The van der Waals surface area contributed by atoms with E-state index >= 15 is 0 Å². The molecule has 25 heavy (non-hydrogen) atoms. The van der Waals surface area contributed by atoms with Crippen molar-refractivity contribution >= 4 is 53.9 Å². The number of nitrogens with one attached hydrogen (secondary N) is 4. The van der Waals surface area contributed by atoms with Crippen LogP contribution in [0.15, 0.2) is 48.5 Å². The molecule has 4 N–H and O–H groups in total. The van der Waals surface area contributed by atoms with Crippen molar-refractivity contribution in [1.82, 2.24) is 19.9 Å². The Kier molecular flexibility index (Phi) is 4.17. The van der Waals surface area contributed by atoms with Crippen LogP contribution in [0.1, 0.15) is 22.8 Å². The number of fused-ring (bicyclic) bond motifs is 8. The molecule has 0 fully saturated rings. The molecular formula is C20H16N4Na. The van der Waals surface area contributed by atoms with Crippen molar-refractivity contribution in [3.63, 3.8) is 0 Å². The Balaban J connectivity index is 0.00000157. The van der Waals surface area contributed by atoms with Crippen LogP contribution in [0, 0.1) is 0 Å².